The number of rotatable bonds is 5. The van der Waals surface area contributed by atoms with E-state index in [1.54, 1.807) is 18.5 Å². The summed E-state index contributed by atoms with van der Waals surface area (Å²) in [6.07, 6.45) is 7.27. The summed E-state index contributed by atoms with van der Waals surface area (Å²) in [5, 5.41) is 9.14. The summed E-state index contributed by atoms with van der Waals surface area (Å²) in [4.78, 5) is 19.5. The average Bonchev–Trinajstić information content (AvgIpc) is 3.04. The van der Waals surface area contributed by atoms with Crippen molar-refractivity contribution < 1.29 is 18.3 Å². The van der Waals surface area contributed by atoms with Crippen molar-refractivity contribution in [3.63, 3.8) is 0 Å². The highest BCUT2D eigenvalue weighted by atomic mass is 32.2. The van der Waals surface area contributed by atoms with Crippen LogP contribution >= 0.6 is 0 Å². The van der Waals surface area contributed by atoms with Crippen LogP contribution in [-0.4, -0.2) is 53.1 Å². The lowest BCUT2D eigenvalue weighted by Gasteiger charge is -2.15. The lowest BCUT2D eigenvalue weighted by atomic mass is 9.95. The van der Waals surface area contributed by atoms with Crippen LogP contribution in [0.4, 0.5) is 0 Å². The topological polar surface area (TPSA) is 100 Å². The molecule has 1 N–H and O–H groups in total. The fraction of sp³-hybridized carbons (Fsp3) is 0.353. The molecule has 1 aliphatic heterocycles. The molecular formula is C17H19N3O4S. The molecule has 2 aromatic heterocycles. The van der Waals surface area contributed by atoms with Crippen LogP contribution in [-0.2, 0) is 16.4 Å². The van der Waals surface area contributed by atoms with Crippen LogP contribution < -0.4 is 0 Å². The molecule has 7 nitrogen and oxygen atoms in total. The number of aromatic nitrogens is 2. The summed E-state index contributed by atoms with van der Waals surface area (Å²) in [7, 11) is -3.16. The Labute approximate surface area is 146 Å². The number of nitrogens with zero attached hydrogens (tertiary/aromatic N) is 3. The van der Waals surface area contributed by atoms with Crippen LogP contribution in [0.15, 0.2) is 36.8 Å². The second-order valence-electron chi connectivity index (χ2n) is 6.26. The molecule has 0 saturated carbocycles. The Kier molecular flexibility index (Phi) is 4.82. The minimum atomic E-state index is -3.16. The third kappa shape index (κ3) is 4.02. The molecule has 132 valence electrons. The van der Waals surface area contributed by atoms with Gasteiger partial charge in [0, 0.05) is 37.2 Å². The van der Waals surface area contributed by atoms with E-state index >= 15 is 0 Å². The summed E-state index contributed by atoms with van der Waals surface area (Å²) in [6.45, 7) is 1.04. The monoisotopic (exact) mass is 361 g/mol. The van der Waals surface area contributed by atoms with Gasteiger partial charge in [-0.15, -0.1) is 0 Å². The van der Waals surface area contributed by atoms with E-state index in [1.165, 1.54) is 16.8 Å². The summed E-state index contributed by atoms with van der Waals surface area (Å²) in [5.74, 6) is -0.820. The van der Waals surface area contributed by atoms with Gasteiger partial charge in [-0.05, 0) is 36.5 Å². The van der Waals surface area contributed by atoms with Crippen molar-refractivity contribution in [1.82, 2.24) is 14.3 Å². The van der Waals surface area contributed by atoms with Crippen LogP contribution in [0.5, 0.6) is 0 Å². The number of aromatic carboxylic acids is 1. The molecule has 0 unspecified atom stereocenters. The zero-order valence-corrected chi connectivity index (χ0v) is 14.6. The highest BCUT2D eigenvalue weighted by Crippen LogP contribution is 2.28. The van der Waals surface area contributed by atoms with Crippen molar-refractivity contribution >= 4 is 16.0 Å². The van der Waals surface area contributed by atoms with Gasteiger partial charge in [0.05, 0.1) is 17.5 Å². The van der Waals surface area contributed by atoms with Crippen LogP contribution in [0.3, 0.4) is 0 Å². The zero-order valence-electron chi connectivity index (χ0n) is 13.8. The van der Waals surface area contributed by atoms with E-state index in [0.29, 0.717) is 30.8 Å². The van der Waals surface area contributed by atoms with Crippen LogP contribution in [0, 0.1) is 5.92 Å². The molecule has 25 heavy (non-hydrogen) atoms. The number of sulfonamides is 1. The maximum Gasteiger partial charge on any atom is 0.337 e. The standard InChI is InChI=1S/C17H19N3O4S/c1-25(23,24)20-6-4-12(11-20)7-13-3-2-5-19-16(13)14-8-15(17(21)22)10-18-9-14/h2-3,5,8-10,12H,4,6-7,11H2,1H3,(H,21,22)/t12-/m0/s1. The largest absolute Gasteiger partial charge is 0.478 e. The summed E-state index contributed by atoms with van der Waals surface area (Å²) in [5.41, 5.74) is 2.41. The maximum atomic E-state index is 11.7. The quantitative estimate of drug-likeness (QED) is 0.869. The van der Waals surface area contributed by atoms with Gasteiger partial charge in [-0.2, -0.15) is 0 Å². The molecule has 3 rings (SSSR count). The van der Waals surface area contributed by atoms with Gasteiger partial charge in [0.25, 0.3) is 0 Å². The van der Waals surface area contributed by atoms with Gasteiger partial charge in [0.2, 0.25) is 10.0 Å². The van der Waals surface area contributed by atoms with Gasteiger partial charge < -0.3 is 5.11 Å². The van der Waals surface area contributed by atoms with Crippen LogP contribution in [0.2, 0.25) is 0 Å². The van der Waals surface area contributed by atoms with Crippen molar-refractivity contribution in [2.75, 3.05) is 19.3 Å². The zero-order chi connectivity index (χ0) is 18.0. The van der Waals surface area contributed by atoms with E-state index in [2.05, 4.69) is 9.97 Å². The first-order valence-electron chi connectivity index (χ1n) is 7.92. The number of carboxylic acids is 1. The predicted octanol–water partition coefficient (Wildman–Crippen LogP) is 1.67. The van der Waals surface area contributed by atoms with E-state index in [9.17, 15) is 13.2 Å². The van der Waals surface area contributed by atoms with Crippen molar-refractivity contribution in [1.29, 1.82) is 0 Å². The minimum absolute atomic E-state index is 0.109. The SMILES string of the molecule is CS(=O)(=O)N1CC[C@@H](Cc2cccnc2-c2cncc(C(=O)O)c2)C1. The van der Waals surface area contributed by atoms with E-state index < -0.39 is 16.0 Å². The third-order valence-corrected chi connectivity index (χ3v) is 5.65. The molecule has 3 heterocycles. The summed E-state index contributed by atoms with van der Waals surface area (Å²) in [6, 6.07) is 5.33. The maximum absolute atomic E-state index is 11.7. The lowest BCUT2D eigenvalue weighted by Crippen LogP contribution is -2.27. The summed E-state index contributed by atoms with van der Waals surface area (Å²) >= 11 is 0. The number of carboxylic acid groups (broad SMARTS) is 1. The van der Waals surface area contributed by atoms with Crippen LogP contribution in [0.1, 0.15) is 22.3 Å². The molecule has 1 saturated heterocycles. The highest BCUT2D eigenvalue weighted by molar-refractivity contribution is 7.88. The Balaban J connectivity index is 1.85. The first-order valence-corrected chi connectivity index (χ1v) is 9.77. The fourth-order valence-corrected chi connectivity index (χ4v) is 4.04. The molecule has 0 amide bonds. The molecule has 1 fully saturated rings. The molecule has 8 heteroatoms. The van der Waals surface area contributed by atoms with Crippen molar-refractivity contribution in [3.05, 3.63) is 47.9 Å². The molecule has 1 aliphatic rings. The van der Waals surface area contributed by atoms with Gasteiger partial charge >= 0.3 is 5.97 Å². The normalized spacial score (nSPS) is 18.4. The number of hydrogen-bond acceptors (Lipinski definition) is 5. The molecule has 0 spiro atoms. The second-order valence-corrected chi connectivity index (χ2v) is 8.24. The van der Waals surface area contributed by atoms with Crippen molar-refractivity contribution in [3.8, 4) is 11.3 Å². The Morgan fingerprint density at radius 1 is 1.40 bits per heavy atom. The second kappa shape index (κ2) is 6.89. The Hall–Kier alpha value is -2.32. The average molecular weight is 361 g/mol. The molecule has 0 radical (unpaired) electrons. The van der Waals surface area contributed by atoms with Gasteiger partial charge in [0.15, 0.2) is 0 Å². The number of hydrogen-bond donors (Lipinski definition) is 1. The number of carbonyl (C=O) groups is 1. The first-order chi connectivity index (χ1) is 11.8. The van der Waals surface area contributed by atoms with E-state index in [-0.39, 0.29) is 11.5 Å². The van der Waals surface area contributed by atoms with Gasteiger partial charge in [-0.3, -0.25) is 9.97 Å². The molecule has 0 bridgehead atoms. The fourth-order valence-electron chi connectivity index (χ4n) is 3.13. The lowest BCUT2D eigenvalue weighted by molar-refractivity contribution is 0.0696. The molecule has 0 aromatic carbocycles. The minimum Gasteiger partial charge on any atom is -0.478 e. The Bertz CT molecular complexity index is 898. The highest BCUT2D eigenvalue weighted by Gasteiger charge is 2.29. The van der Waals surface area contributed by atoms with Crippen molar-refractivity contribution in [2.45, 2.75) is 12.8 Å². The van der Waals surface area contributed by atoms with Gasteiger partial charge in [-0.25, -0.2) is 17.5 Å². The third-order valence-electron chi connectivity index (χ3n) is 4.38. The van der Waals surface area contributed by atoms with E-state index in [1.807, 2.05) is 12.1 Å². The predicted molar refractivity (Wildman–Crippen MR) is 92.7 cm³/mol. The molecule has 1 atom stereocenters. The van der Waals surface area contributed by atoms with Gasteiger partial charge in [0.1, 0.15) is 0 Å². The summed E-state index contributed by atoms with van der Waals surface area (Å²) < 4.78 is 24.8. The Morgan fingerprint density at radius 3 is 2.88 bits per heavy atom. The first kappa shape index (κ1) is 17.5. The van der Waals surface area contributed by atoms with Crippen LogP contribution in [0.25, 0.3) is 11.3 Å². The van der Waals surface area contributed by atoms with E-state index in [4.69, 9.17) is 5.11 Å². The van der Waals surface area contributed by atoms with Gasteiger partial charge in [-0.1, -0.05) is 6.07 Å². The molecule has 2 aromatic rings. The molecular weight excluding hydrogens is 342 g/mol. The molecule has 0 aliphatic carbocycles. The number of pyridine rings is 2. The Morgan fingerprint density at radius 2 is 2.20 bits per heavy atom. The van der Waals surface area contributed by atoms with E-state index in [0.717, 1.165) is 12.0 Å². The smallest absolute Gasteiger partial charge is 0.337 e. The van der Waals surface area contributed by atoms with Crippen molar-refractivity contribution in [2.24, 2.45) is 5.92 Å².